The number of rotatable bonds is 3. The minimum absolute atomic E-state index is 0.0631. The van der Waals surface area contributed by atoms with Gasteiger partial charge in [-0.2, -0.15) is 0 Å². The van der Waals surface area contributed by atoms with E-state index in [0.717, 1.165) is 0 Å². The van der Waals surface area contributed by atoms with Crippen LogP contribution in [0.3, 0.4) is 0 Å². The second kappa shape index (κ2) is 6.09. The van der Waals surface area contributed by atoms with Crippen LogP contribution in [0.5, 0.6) is 5.75 Å². The molecule has 0 radical (unpaired) electrons. The molecule has 1 spiro atoms. The number of nitrogens with zero attached hydrogens (tertiary/aromatic N) is 1. The fraction of sp³-hybridized carbons (Fsp3) is 0.588. The molecule has 1 aromatic rings. The highest BCUT2D eigenvalue weighted by molar-refractivity contribution is 5.94. The van der Waals surface area contributed by atoms with Gasteiger partial charge in [-0.3, -0.25) is 4.79 Å². The largest absolute Gasteiger partial charge is 0.494 e. The predicted octanol–water partition coefficient (Wildman–Crippen LogP) is 1.84. The van der Waals surface area contributed by atoms with Gasteiger partial charge in [0.05, 0.1) is 19.3 Å². The summed E-state index contributed by atoms with van der Waals surface area (Å²) in [6.07, 6.45) is 1.78. The number of aliphatic hydroxyl groups excluding tert-OH is 1. The first kappa shape index (κ1) is 16.2. The van der Waals surface area contributed by atoms with Crippen molar-refractivity contribution in [2.45, 2.75) is 31.5 Å². The van der Waals surface area contributed by atoms with Gasteiger partial charge in [0.15, 0.2) is 11.6 Å². The van der Waals surface area contributed by atoms with Crippen molar-refractivity contribution in [2.24, 2.45) is 5.41 Å². The van der Waals surface area contributed by atoms with E-state index in [1.165, 1.54) is 19.2 Å². The van der Waals surface area contributed by atoms with Crippen LogP contribution in [0.4, 0.5) is 4.39 Å². The topological polar surface area (TPSA) is 59.0 Å². The van der Waals surface area contributed by atoms with Gasteiger partial charge in [0, 0.05) is 37.6 Å². The lowest BCUT2D eigenvalue weighted by Gasteiger charge is -2.56. The van der Waals surface area contributed by atoms with Crippen molar-refractivity contribution in [3.63, 3.8) is 0 Å². The Morgan fingerprint density at radius 3 is 2.57 bits per heavy atom. The van der Waals surface area contributed by atoms with Crippen LogP contribution in [-0.2, 0) is 4.74 Å². The molecule has 1 saturated carbocycles. The first-order valence-corrected chi connectivity index (χ1v) is 7.85. The highest BCUT2D eigenvalue weighted by Gasteiger charge is 2.56. The summed E-state index contributed by atoms with van der Waals surface area (Å²) in [5.41, 5.74) is 0.0909. The number of methoxy groups -OCH3 is 2. The van der Waals surface area contributed by atoms with Gasteiger partial charge in [0.1, 0.15) is 0 Å². The first-order valence-electron chi connectivity index (χ1n) is 7.85. The quantitative estimate of drug-likeness (QED) is 0.922. The highest BCUT2D eigenvalue weighted by Crippen LogP contribution is 2.50. The van der Waals surface area contributed by atoms with E-state index < -0.39 is 5.82 Å². The van der Waals surface area contributed by atoms with Crippen LogP contribution in [0.1, 0.15) is 29.6 Å². The van der Waals surface area contributed by atoms with Crippen LogP contribution in [0.2, 0.25) is 0 Å². The third-order valence-electron chi connectivity index (χ3n) is 5.41. The molecule has 1 heterocycles. The smallest absolute Gasteiger partial charge is 0.253 e. The minimum atomic E-state index is -0.541. The summed E-state index contributed by atoms with van der Waals surface area (Å²) in [5.74, 6) is -0.607. The van der Waals surface area contributed by atoms with Crippen LogP contribution >= 0.6 is 0 Å². The van der Waals surface area contributed by atoms with E-state index in [2.05, 4.69) is 0 Å². The zero-order valence-corrected chi connectivity index (χ0v) is 13.4. The third-order valence-corrected chi connectivity index (χ3v) is 5.41. The Morgan fingerprint density at radius 2 is 2.04 bits per heavy atom. The van der Waals surface area contributed by atoms with Gasteiger partial charge < -0.3 is 19.5 Å². The number of carbonyl (C=O) groups excluding carboxylic acids is 1. The molecule has 1 amide bonds. The van der Waals surface area contributed by atoms with Crippen LogP contribution in [0, 0.1) is 11.2 Å². The number of aliphatic hydroxyl groups is 1. The van der Waals surface area contributed by atoms with Crippen molar-refractivity contribution >= 4 is 5.91 Å². The van der Waals surface area contributed by atoms with Gasteiger partial charge in [-0.15, -0.1) is 0 Å². The summed E-state index contributed by atoms with van der Waals surface area (Å²) in [4.78, 5) is 14.2. The van der Waals surface area contributed by atoms with Crippen molar-refractivity contribution in [1.29, 1.82) is 0 Å². The lowest BCUT2D eigenvalue weighted by Crippen LogP contribution is -2.62. The highest BCUT2D eigenvalue weighted by atomic mass is 19.1. The average Bonchev–Trinajstić information content (AvgIpc) is 2.58. The second-order valence-electron chi connectivity index (χ2n) is 6.35. The molecule has 1 aliphatic carbocycles. The van der Waals surface area contributed by atoms with E-state index in [1.54, 1.807) is 18.1 Å². The molecule has 1 N–H and O–H groups in total. The molecule has 0 unspecified atom stereocenters. The molecule has 1 saturated heterocycles. The number of piperidine rings is 1. The molecule has 3 rings (SSSR count). The van der Waals surface area contributed by atoms with Crippen molar-refractivity contribution in [2.75, 3.05) is 27.3 Å². The number of amides is 1. The molecule has 23 heavy (non-hydrogen) atoms. The Bertz CT molecular complexity index is 598. The molecule has 2 aliphatic rings. The molecule has 2 fully saturated rings. The Labute approximate surface area is 135 Å². The molecule has 6 heteroatoms. The maximum absolute atomic E-state index is 13.8. The molecule has 1 aliphatic heterocycles. The molecular formula is C17H22FNO4. The number of hydrogen-bond donors (Lipinski definition) is 1. The molecule has 2 atom stereocenters. The van der Waals surface area contributed by atoms with Gasteiger partial charge in [0.2, 0.25) is 0 Å². The molecule has 0 aromatic heterocycles. The number of hydrogen-bond acceptors (Lipinski definition) is 4. The van der Waals surface area contributed by atoms with Gasteiger partial charge in [-0.25, -0.2) is 4.39 Å². The first-order chi connectivity index (χ1) is 11.0. The van der Waals surface area contributed by atoms with Crippen LogP contribution in [-0.4, -0.2) is 55.4 Å². The summed E-state index contributed by atoms with van der Waals surface area (Å²) in [6, 6.07) is 4.25. The Hall–Kier alpha value is -1.66. The van der Waals surface area contributed by atoms with Crippen LogP contribution < -0.4 is 4.74 Å². The minimum Gasteiger partial charge on any atom is -0.494 e. The van der Waals surface area contributed by atoms with Gasteiger partial charge in [0.25, 0.3) is 5.91 Å². The molecular weight excluding hydrogens is 301 g/mol. The average molecular weight is 323 g/mol. The van der Waals surface area contributed by atoms with Gasteiger partial charge in [-0.1, -0.05) is 0 Å². The summed E-state index contributed by atoms with van der Waals surface area (Å²) in [7, 11) is 3.05. The maximum Gasteiger partial charge on any atom is 0.253 e. The lowest BCUT2D eigenvalue weighted by molar-refractivity contribution is -0.199. The molecule has 5 nitrogen and oxygen atoms in total. The van der Waals surface area contributed by atoms with E-state index in [-0.39, 0.29) is 29.3 Å². The number of halogens is 1. The summed E-state index contributed by atoms with van der Waals surface area (Å²) < 4.78 is 24.1. The number of benzene rings is 1. The Balaban J connectivity index is 1.68. The molecule has 126 valence electrons. The molecule has 1 aromatic carbocycles. The second-order valence-corrected chi connectivity index (χ2v) is 6.35. The van der Waals surface area contributed by atoms with Crippen molar-refractivity contribution in [1.82, 2.24) is 4.90 Å². The van der Waals surface area contributed by atoms with Crippen LogP contribution in [0.15, 0.2) is 18.2 Å². The van der Waals surface area contributed by atoms with E-state index in [9.17, 15) is 14.3 Å². The third kappa shape index (κ3) is 2.60. The van der Waals surface area contributed by atoms with E-state index in [1.807, 2.05) is 0 Å². The SMILES string of the molecule is COc1ccc(C(=O)N2CCC3(CC2)[C@H](O)C[C@@H]3OC)cc1F. The summed E-state index contributed by atoms with van der Waals surface area (Å²) in [5, 5.41) is 10.1. The van der Waals surface area contributed by atoms with Crippen molar-refractivity contribution < 1.29 is 23.8 Å². The maximum atomic E-state index is 13.8. The predicted molar refractivity (Wildman–Crippen MR) is 81.9 cm³/mol. The zero-order chi connectivity index (χ0) is 16.6. The zero-order valence-electron chi connectivity index (χ0n) is 13.4. The van der Waals surface area contributed by atoms with E-state index >= 15 is 0 Å². The number of likely N-dealkylation sites (tertiary alicyclic amines) is 1. The monoisotopic (exact) mass is 323 g/mol. The Morgan fingerprint density at radius 1 is 1.35 bits per heavy atom. The van der Waals surface area contributed by atoms with Gasteiger partial charge in [-0.05, 0) is 31.0 Å². The van der Waals surface area contributed by atoms with Crippen molar-refractivity contribution in [3.8, 4) is 5.75 Å². The molecule has 0 bridgehead atoms. The number of carbonyl (C=O) groups is 1. The summed E-state index contributed by atoms with van der Waals surface area (Å²) >= 11 is 0. The summed E-state index contributed by atoms with van der Waals surface area (Å²) in [6.45, 7) is 1.09. The normalized spacial score (nSPS) is 26.0. The van der Waals surface area contributed by atoms with Crippen LogP contribution in [0.25, 0.3) is 0 Å². The van der Waals surface area contributed by atoms with E-state index in [0.29, 0.717) is 37.9 Å². The standard InChI is InChI=1S/C17H22FNO4/c1-22-13-4-3-11(9-12(13)18)16(21)19-7-5-17(6-8-19)14(20)10-15(17)23-2/h3-4,9,14-15,20H,5-8,10H2,1-2H3/t14-,15+/m1/s1. The van der Waals surface area contributed by atoms with E-state index in [4.69, 9.17) is 9.47 Å². The lowest BCUT2D eigenvalue weighted by atomic mass is 9.58. The number of ether oxygens (including phenoxy) is 2. The van der Waals surface area contributed by atoms with Gasteiger partial charge >= 0.3 is 0 Å². The Kier molecular flexibility index (Phi) is 4.29. The van der Waals surface area contributed by atoms with Crippen molar-refractivity contribution in [3.05, 3.63) is 29.6 Å². The fourth-order valence-corrected chi connectivity index (χ4v) is 3.82. The fourth-order valence-electron chi connectivity index (χ4n) is 3.82.